The Bertz CT molecular complexity index is 1200. The number of fused-ring (bicyclic) bond motifs is 1. The van der Waals surface area contributed by atoms with Crippen molar-refractivity contribution < 1.29 is 4.92 Å². The van der Waals surface area contributed by atoms with E-state index in [-0.39, 0.29) is 16.5 Å². The van der Waals surface area contributed by atoms with Gasteiger partial charge < -0.3 is 27.5 Å². The number of hydrogen-bond acceptors (Lipinski definition) is 8. The number of allylic oxidation sites excluding steroid dienone is 9. The number of nitrogens with one attached hydrogen (secondary N) is 3. The van der Waals surface area contributed by atoms with Gasteiger partial charge >= 0.3 is 0 Å². The molecule has 0 spiro atoms. The molecule has 0 atom stereocenters. The highest BCUT2D eigenvalue weighted by Gasteiger charge is 2.17. The minimum Gasteiger partial charge on any atom is -0.404 e. The van der Waals surface area contributed by atoms with E-state index in [2.05, 4.69) is 20.6 Å². The molecule has 35 heavy (non-hydrogen) atoms. The van der Waals surface area contributed by atoms with Crippen LogP contribution in [0.2, 0.25) is 0 Å². The fourth-order valence-corrected chi connectivity index (χ4v) is 3.47. The van der Waals surface area contributed by atoms with E-state index in [0.29, 0.717) is 31.0 Å². The van der Waals surface area contributed by atoms with Crippen molar-refractivity contribution >= 4 is 18.3 Å². The van der Waals surface area contributed by atoms with Crippen LogP contribution in [0.1, 0.15) is 26.7 Å². The normalized spacial score (nSPS) is 18.9. The van der Waals surface area contributed by atoms with E-state index in [0.717, 1.165) is 33.7 Å². The third kappa shape index (κ3) is 6.76. The molecule has 0 fully saturated rings. The first kappa shape index (κ1) is 25.2. The van der Waals surface area contributed by atoms with Crippen molar-refractivity contribution in [1.82, 2.24) is 10.6 Å². The molecule has 2 heterocycles. The topological polar surface area (TPSA) is 168 Å². The Morgan fingerprint density at radius 2 is 2.06 bits per heavy atom. The lowest BCUT2D eigenvalue weighted by molar-refractivity contribution is -0.428. The molecule has 0 bridgehead atoms. The Morgan fingerprint density at radius 3 is 2.69 bits per heavy atom. The standard InChI is InChI=1S/C25H30N8O2/c1-16(2)18(11-26)10-24(28)32-25-8-7-22-23(31-25)9-19(15-30-22)20(12-27)14-29-13-17-3-5-21(6-4-17)33(34)35/h3,5,7-12,14-16,26,30-31H,4,6,13,27H2,1-2H3,(H2,28,32). The number of nitro groups is 1. The van der Waals surface area contributed by atoms with Gasteiger partial charge in [-0.3, -0.25) is 15.1 Å². The number of nitrogens with two attached hydrogens (primary N) is 2. The average Bonchev–Trinajstić information content (AvgIpc) is 2.85. The molecule has 0 unspecified atom stereocenters. The minimum absolute atomic E-state index is 0.173. The van der Waals surface area contributed by atoms with Gasteiger partial charge in [-0.1, -0.05) is 19.9 Å². The molecular weight excluding hydrogens is 444 g/mol. The highest BCUT2D eigenvalue weighted by Crippen LogP contribution is 2.23. The zero-order valence-corrected chi connectivity index (χ0v) is 19.8. The van der Waals surface area contributed by atoms with Crippen LogP contribution in [0.4, 0.5) is 0 Å². The average molecular weight is 475 g/mol. The summed E-state index contributed by atoms with van der Waals surface area (Å²) < 4.78 is 0. The number of amidine groups is 1. The quantitative estimate of drug-likeness (QED) is 0.149. The second kappa shape index (κ2) is 11.6. The summed E-state index contributed by atoms with van der Waals surface area (Å²) in [5, 5.41) is 24.8. The number of aliphatic imine (C=N–C) groups is 2. The molecule has 3 aliphatic rings. The zero-order chi connectivity index (χ0) is 25.4. The molecule has 182 valence electrons. The highest BCUT2D eigenvalue weighted by atomic mass is 16.6. The molecule has 0 aromatic rings. The number of hydrogen-bond donors (Lipinski definition) is 5. The molecule has 0 aromatic carbocycles. The Hall–Kier alpha value is -4.47. The summed E-state index contributed by atoms with van der Waals surface area (Å²) in [6.07, 6.45) is 18.0. The summed E-state index contributed by atoms with van der Waals surface area (Å²) in [4.78, 5) is 19.4. The lowest BCUT2D eigenvalue weighted by Crippen LogP contribution is -2.27. The van der Waals surface area contributed by atoms with E-state index in [4.69, 9.17) is 16.9 Å². The van der Waals surface area contributed by atoms with Crippen molar-refractivity contribution in [3.05, 3.63) is 104 Å². The predicted octanol–water partition coefficient (Wildman–Crippen LogP) is 3.07. The lowest BCUT2D eigenvalue weighted by Gasteiger charge is -2.23. The van der Waals surface area contributed by atoms with E-state index in [1.54, 1.807) is 24.4 Å². The summed E-state index contributed by atoms with van der Waals surface area (Å²) in [6.45, 7) is 4.43. The van der Waals surface area contributed by atoms with E-state index >= 15 is 0 Å². The van der Waals surface area contributed by atoms with Gasteiger partial charge in [-0.05, 0) is 47.8 Å². The molecule has 7 N–H and O–H groups in total. The van der Waals surface area contributed by atoms with Crippen LogP contribution in [0.25, 0.3) is 0 Å². The Morgan fingerprint density at radius 1 is 1.26 bits per heavy atom. The van der Waals surface area contributed by atoms with Crippen LogP contribution in [0.3, 0.4) is 0 Å². The van der Waals surface area contributed by atoms with Crippen LogP contribution in [0.5, 0.6) is 0 Å². The summed E-state index contributed by atoms with van der Waals surface area (Å²) in [6, 6.07) is 0. The number of dihydropyridines is 2. The number of rotatable bonds is 9. The smallest absolute Gasteiger partial charge is 0.246 e. The van der Waals surface area contributed by atoms with Crippen molar-refractivity contribution in [2.24, 2.45) is 27.4 Å². The van der Waals surface area contributed by atoms with Crippen molar-refractivity contribution in [1.29, 1.82) is 5.41 Å². The van der Waals surface area contributed by atoms with Gasteiger partial charge in [0, 0.05) is 48.5 Å². The van der Waals surface area contributed by atoms with Crippen molar-refractivity contribution in [3.63, 3.8) is 0 Å². The summed E-state index contributed by atoms with van der Waals surface area (Å²) in [5.74, 6) is 1.05. The molecular formula is C25H30N8O2. The first-order valence-corrected chi connectivity index (χ1v) is 11.2. The fourth-order valence-electron chi connectivity index (χ4n) is 3.47. The molecule has 3 rings (SSSR count). The second-order valence-corrected chi connectivity index (χ2v) is 8.37. The summed E-state index contributed by atoms with van der Waals surface area (Å²) in [5.41, 5.74) is 17.2. The van der Waals surface area contributed by atoms with Gasteiger partial charge in [0.1, 0.15) is 11.7 Å². The lowest BCUT2D eigenvalue weighted by atomic mass is 10.0. The number of nitrogens with zero attached hydrogens (tertiary/aromatic N) is 3. The summed E-state index contributed by atoms with van der Waals surface area (Å²) >= 11 is 0. The Labute approximate surface area is 204 Å². The Balaban J connectivity index is 1.68. The first-order valence-electron chi connectivity index (χ1n) is 11.2. The minimum atomic E-state index is -0.347. The first-order chi connectivity index (χ1) is 16.8. The molecule has 0 aromatic heterocycles. The van der Waals surface area contributed by atoms with Crippen LogP contribution >= 0.6 is 0 Å². The van der Waals surface area contributed by atoms with Gasteiger partial charge in [0.2, 0.25) is 5.70 Å². The highest BCUT2D eigenvalue weighted by molar-refractivity contribution is 5.97. The van der Waals surface area contributed by atoms with Crippen molar-refractivity contribution in [3.8, 4) is 0 Å². The molecule has 0 amide bonds. The second-order valence-electron chi connectivity index (χ2n) is 8.37. The largest absolute Gasteiger partial charge is 0.404 e. The maximum Gasteiger partial charge on any atom is 0.246 e. The molecule has 1 aliphatic carbocycles. The SMILES string of the molecule is CC(C)C(C=N)=CC(N)=NC1=CC=C2NC=C(C(C=NCC3=CC=C([N+](=O)[O-])CC3)=CN)C=C2N1. The van der Waals surface area contributed by atoms with Crippen molar-refractivity contribution in [2.45, 2.75) is 26.7 Å². The monoisotopic (exact) mass is 474 g/mol. The van der Waals surface area contributed by atoms with E-state index in [9.17, 15) is 10.1 Å². The summed E-state index contributed by atoms with van der Waals surface area (Å²) in [7, 11) is 0. The van der Waals surface area contributed by atoms with Gasteiger partial charge in [0.05, 0.1) is 22.9 Å². The van der Waals surface area contributed by atoms with Gasteiger partial charge in [-0.15, -0.1) is 0 Å². The maximum atomic E-state index is 10.8. The molecule has 2 aliphatic heterocycles. The van der Waals surface area contributed by atoms with Gasteiger partial charge in [0.25, 0.3) is 0 Å². The molecule has 10 heteroatoms. The van der Waals surface area contributed by atoms with Crippen molar-refractivity contribution in [2.75, 3.05) is 6.54 Å². The van der Waals surface area contributed by atoms with Crippen LogP contribution < -0.4 is 22.1 Å². The molecule has 0 radical (unpaired) electrons. The Kier molecular flexibility index (Phi) is 8.33. The van der Waals surface area contributed by atoms with Gasteiger partial charge in [-0.25, -0.2) is 4.99 Å². The van der Waals surface area contributed by atoms with Crippen LogP contribution in [0.15, 0.2) is 104 Å². The van der Waals surface area contributed by atoms with E-state index < -0.39 is 0 Å². The van der Waals surface area contributed by atoms with Crippen LogP contribution in [-0.2, 0) is 0 Å². The van der Waals surface area contributed by atoms with Crippen LogP contribution in [-0.4, -0.2) is 29.7 Å². The van der Waals surface area contributed by atoms with Crippen LogP contribution in [0, 0.1) is 21.4 Å². The molecule has 10 nitrogen and oxygen atoms in total. The maximum absolute atomic E-state index is 10.8. The fraction of sp³-hybridized carbons (Fsp3) is 0.240. The third-order valence-electron chi connectivity index (χ3n) is 5.53. The molecule has 0 saturated heterocycles. The van der Waals surface area contributed by atoms with Gasteiger partial charge in [0.15, 0.2) is 0 Å². The predicted molar refractivity (Wildman–Crippen MR) is 140 cm³/mol. The van der Waals surface area contributed by atoms with E-state index in [1.807, 2.05) is 38.3 Å². The van der Waals surface area contributed by atoms with Gasteiger partial charge in [-0.2, -0.15) is 0 Å². The van der Waals surface area contributed by atoms with E-state index in [1.165, 1.54) is 12.4 Å². The molecule has 0 saturated carbocycles. The zero-order valence-electron chi connectivity index (χ0n) is 19.8. The third-order valence-corrected chi connectivity index (χ3v) is 5.53.